The molecule has 0 aromatic carbocycles. The van der Waals surface area contributed by atoms with Gasteiger partial charge in [0.05, 0.1) is 18.1 Å². The topological polar surface area (TPSA) is 57.8 Å². The molecule has 0 radical (unpaired) electrons. The number of nitrogens with one attached hydrogen (secondary N) is 2. The number of hydrogen-bond donors (Lipinski definition) is 2. The van der Waals surface area contributed by atoms with Gasteiger partial charge in [-0.2, -0.15) is 0 Å². The first-order valence-electron chi connectivity index (χ1n) is 4.94. The average molecular weight is 193 g/mol. The molecular formula is C10H15N3O. The Morgan fingerprint density at radius 2 is 2.29 bits per heavy atom. The van der Waals surface area contributed by atoms with Crippen molar-refractivity contribution in [2.45, 2.75) is 38.8 Å². The molecule has 0 bridgehead atoms. The minimum atomic E-state index is 0.0949. The summed E-state index contributed by atoms with van der Waals surface area (Å²) in [4.78, 5) is 18.7. The molecule has 2 unspecified atom stereocenters. The zero-order valence-electron chi connectivity index (χ0n) is 8.50. The number of imidazole rings is 1. The number of hydrogen-bond acceptors (Lipinski definition) is 3. The van der Waals surface area contributed by atoms with E-state index in [2.05, 4.69) is 15.3 Å². The van der Waals surface area contributed by atoms with Gasteiger partial charge in [0.1, 0.15) is 5.78 Å². The van der Waals surface area contributed by atoms with Crippen molar-refractivity contribution in [2.24, 2.45) is 0 Å². The van der Waals surface area contributed by atoms with Gasteiger partial charge >= 0.3 is 0 Å². The van der Waals surface area contributed by atoms with E-state index < -0.39 is 0 Å². The minimum absolute atomic E-state index is 0.0949. The lowest BCUT2D eigenvalue weighted by Crippen LogP contribution is -2.39. The quantitative estimate of drug-likeness (QED) is 0.702. The van der Waals surface area contributed by atoms with Crippen LogP contribution in [0.3, 0.4) is 0 Å². The Morgan fingerprint density at radius 1 is 1.50 bits per heavy atom. The highest BCUT2D eigenvalue weighted by Gasteiger charge is 2.27. The maximum Gasteiger partial charge on any atom is 0.136 e. The summed E-state index contributed by atoms with van der Waals surface area (Å²) in [6, 6.07) is 0.356. The Bertz CT molecular complexity index is 345. The van der Waals surface area contributed by atoms with E-state index in [1.54, 1.807) is 6.33 Å². The first-order valence-corrected chi connectivity index (χ1v) is 4.94. The standard InChI is InChI=1S/C10H15N3O/c1-6-3-8(14)4-9(13-6)10-7(2)11-5-12-10/h5-6,9,13H,3-4H2,1-2H3,(H,11,12). The van der Waals surface area contributed by atoms with Crippen LogP contribution in [-0.2, 0) is 4.79 Å². The van der Waals surface area contributed by atoms with Gasteiger partial charge in [-0.15, -0.1) is 0 Å². The molecule has 1 fully saturated rings. The molecule has 2 rings (SSSR count). The lowest BCUT2D eigenvalue weighted by molar-refractivity contribution is -0.121. The summed E-state index contributed by atoms with van der Waals surface area (Å²) in [5, 5.41) is 3.39. The normalized spacial score (nSPS) is 28.0. The van der Waals surface area contributed by atoms with Crippen LogP contribution in [0.25, 0.3) is 0 Å². The SMILES string of the molecule is Cc1[nH]cnc1C1CC(=O)CC(C)N1. The summed E-state index contributed by atoms with van der Waals surface area (Å²) in [6.45, 7) is 4.01. The number of nitrogens with zero attached hydrogens (tertiary/aromatic N) is 1. The molecule has 4 nitrogen and oxygen atoms in total. The molecule has 76 valence electrons. The van der Waals surface area contributed by atoms with Crippen molar-refractivity contribution in [3.05, 3.63) is 17.7 Å². The van der Waals surface area contributed by atoms with Crippen LogP contribution in [0.2, 0.25) is 0 Å². The van der Waals surface area contributed by atoms with Crippen molar-refractivity contribution in [3.63, 3.8) is 0 Å². The second-order valence-corrected chi connectivity index (χ2v) is 3.98. The number of aromatic amines is 1. The zero-order chi connectivity index (χ0) is 10.1. The fraction of sp³-hybridized carbons (Fsp3) is 0.600. The monoisotopic (exact) mass is 193 g/mol. The smallest absolute Gasteiger partial charge is 0.136 e. The van der Waals surface area contributed by atoms with E-state index in [1.807, 2.05) is 13.8 Å². The number of aromatic nitrogens is 2. The van der Waals surface area contributed by atoms with Gasteiger partial charge in [-0.05, 0) is 13.8 Å². The van der Waals surface area contributed by atoms with Crippen LogP contribution in [0.15, 0.2) is 6.33 Å². The van der Waals surface area contributed by atoms with Gasteiger partial charge in [0.2, 0.25) is 0 Å². The highest BCUT2D eigenvalue weighted by atomic mass is 16.1. The van der Waals surface area contributed by atoms with Gasteiger partial charge < -0.3 is 10.3 Å². The van der Waals surface area contributed by atoms with Crippen molar-refractivity contribution >= 4 is 5.78 Å². The maximum absolute atomic E-state index is 11.4. The van der Waals surface area contributed by atoms with Gasteiger partial charge in [0.15, 0.2) is 0 Å². The molecule has 2 N–H and O–H groups in total. The lowest BCUT2D eigenvalue weighted by atomic mass is 9.95. The maximum atomic E-state index is 11.4. The van der Waals surface area contributed by atoms with E-state index in [-0.39, 0.29) is 12.1 Å². The largest absolute Gasteiger partial charge is 0.348 e. The Hall–Kier alpha value is -1.16. The van der Waals surface area contributed by atoms with Crippen molar-refractivity contribution in [1.29, 1.82) is 0 Å². The van der Waals surface area contributed by atoms with Gasteiger partial charge in [0.25, 0.3) is 0 Å². The van der Waals surface area contributed by atoms with Crippen molar-refractivity contribution in [2.75, 3.05) is 0 Å². The van der Waals surface area contributed by atoms with Crippen LogP contribution in [0.4, 0.5) is 0 Å². The average Bonchev–Trinajstić information content (AvgIpc) is 2.49. The number of ketones is 1. The fourth-order valence-electron chi connectivity index (χ4n) is 2.01. The summed E-state index contributed by atoms with van der Waals surface area (Å²) in [7, 11) is 0. The summed E-state index contributed by atoms with van der Waals surface area (Å²) in [5.74, 6) is 0.323. The van der Waals surface area contributed by atoms with Crippen LogP contribution in [0.1, 0.15) is 37.2 Å². The number of H-pyrrole nitrogens is 1. The van der Waals surface area contributed by atoms with E-state index in [4.69, 9.17) is 0 Å². The zero-order valence-corrected chi connectivity index (χ0v) is 8.50. The van der Waals surface area contributed by atoms with Crippen LogP contribution in [0, 0.1) is 6.92 Å². The highest BCUT2D eigenvalue weighted by Crippen LogP contribution is 2.23. The van der Waals surface area contributed by atoms with Crippen LogP contribution < -0.4 is 5.32 Å². The molecule has 2 atom stereocenters. The molecule has 1 aliphatic rings. The van der Waals surface area contributed by atoms with Gasteiger partial charge in [-0.3, -0.25) is 4.79 Å². The number of aryl methyl sites for hydroxylation is 1. The summed E-state index contributed by atoms with van der Waals surface area (Å²) in [5.41, 5.74) is 2.02. The van der Waals surface area contributed by atoms with E-state index in [0.717, 1.165) is 11.4 Å². The van der Waals surface area contributed by atoms with Gasteiger partial charge in [0, 0.05) is 24.6 Å². The molecule has 4 heteroatoms. The Morgan fingerprint density at radius 3 is 2.86 bits per heavy atom. The predicted octanol–water partition coefficient (Wildman–Crippen LogP) is 1.10. The molecule has 1 aromatic rings. The third kappa shape index (κ3) is 1.70. The molecule has 1 saturated heterocycles. The summed E-state index contributed by atoms with van der Waals surface area (Å²) < 4.78 is 0. The molecule has 0 saturated carbocycles. The summed E-state index contributed by atoms with van der Waals surface area (Å²) >= 11 is 0. The third-order valence-electron chi connectivity index (χ3n) is 2.65. The predicted molar refractivity (Wildman–Crippen MR) is 52.9 cm³/mol. The van der Waals surface area contributed by atoms with E-state index >= 15 is 0 Å². The van der Waals surface area contributed by atoms with E-state index in [1.165, 1.54) is 0 Å². The molecule has 2 heterocycles. The minimum Gasteiger partial charge on any atom is -0.348 e. The van der Waals surface area contributed by atoms with E-state index in [9.17, 15) is 4.79 Å². The van der Waals surface area contributed by atoms with Crippen molar-refractivity contribution < 1.29 is 4.79 Å². The second kappa shape index (κ2) is 3.53. The third-order valence-corrected chi connectivity index (χ3v) is 2.65. The fourth-order valence-corrected chi connectivity index (χ4v) is 2.01. The molecule has 0 aliphatic carbocycles. The van der Waals surface area contributed by atoms with Crippen LogP contribution in [-0.4, -0.2) is 21.8 Å². The first-order chi connectivity index (χ1) is 6.66. The molecule has 0 spiro atoms. The van der Waals surface area contributed by atoms with Crippen molar-refractivity contribution in [3.8, 4) is 0 Å². The number of piperidine rings is 1. The Labute approximate surface area is 83.1 Å². The number of rotatable bonds is 1. The number of Topliss-reactive ketones (excluding diaryl/α,β-unsaturated/α-hetero) is 1. The van der Waals surface area contributed by atoms with Crippen molar-refractivity contribution in [1.82, 2.24) is 15.3 Å². The molecule has 1 aliphatic heterocycles. The molecule has 1 aromatic heterocycles. The molecule has 0 amide bonds. The van der Waals surface area contributed by atoms with Gasteiger partial charge in [-0.1, -0.05) is 0 Å². The second-order valence-electron chi connectivity index (χ2n) is 3.98. The molecular weight excluding hydrogens is 178 g/mol. The summed E-state index contributed by atoms with van der Waals surface area (Å²) in [6.07, 6.45) is 2.88. The Balaban J connectivity index is 2.19. The molecule has 14 heavy (non-hydrogen) atoms. The van der Waals surface area contributed by atoms with E-state index in [0.29, 0.717) is 18.6 Å². The van der Waals surface area contributed by atoms with Gasteiger partial charge in [-0.25, -0.2) is 4.98 Å². The first kappa shape index (κ1) is 9.40. The Kier molecular flexibility index (Phi) is 2.37. The number of carbonyl (C=O) groups is 1. The lowest BCUT2D eigenvalue weighted by Gasteiger charge is -2.27. The highest BCUT2D eigenvalue weighted by molar-refractivity contribution is 5.80. The van der Waals surface area contributed by atoms with Crippen LogP contribution in [0.5, 0.6) is 0 Å². The van der Waals surface area contributed by atoms with Crippen LogP contribution >= 0.6 is 0 Å². The number of carbonyl (C=O) groups excluding carboxylic acids is 1.